The molecule has 0 heterocycles. The third-order valence-electron chi connectivity index (χ3n) is 3.58. The molecule has 0 aliphatic rings. The molecule has 0 spiro atoms. The fourth-order valence-electron chi connectivity index (χ4n) is 2.42. The first kappa shape index (κ1) is 27.2. The molecule has 0 aromatic carbocycles. The quantitative estimate of drug-likeness (QED) is 0.222. The van der Waals surface area contributed by atoms with Crippen molar-refractivity contribution in [3.05, 3.63) is 0 Å². The highest BCUT2D eigenvalue weighted by Gasteiger charge is 2.27. The Hall–Kier alpha value is 0.220. The minimum Gasteiger partial charge on any atom is -0.380 e. The maximum atomic E-state index is 12.7. The first-order valence-electron chi connectivity index (χ1n) is 9.94. The molecule has 0 saturated carbocycles. The van der Waals surface area contributed by atoms with Gasteiger partial charge in [0.1, 0.15) is 0 Å². The van der Waals surface area contributed by atoms with Gasteiger partial charge in [-0.15, -0.1) is 0 Å². The molecule has 8 nitrogen and oxygen atoms in total. The van der Waals surface area contributed by atoms with Gasteiger partial charge in [-0.1, -0.05) is 6.92 Å². The van der Waals surface area contributed by atoms with E-state index in [-0.39, 0.29) is 12.3 Å². The third-order valence-corrected chi connectivity index (χ3v) is 7.69. The van der Waals surface area contributed by atoms with E-state index in [0.717, 1.165) is 6.42 Å². The molecule has 0 amide bonds. The van der Waals surface area contributed by atoms with Crippen LogP contribution in [0.4, 0.5) is 0 Å². The second-order valence-electron chi connectivity index (χ2n) is 5.79. The van der Waals surface area contributed by atoms with Crippen molar-refractivity contribution in [1.82, 2.24) is 4.90 Å². The molecule has 0 bridgehead atoms. The largest absolute Gasteiger partial charge is 0.380 e. The van der Waals surface area contributed by atoms with E-state index in [9.17, 15) is 9.13 Å². The first-order valence-corrected chi connectivity index (χ1v) is 13.4. The topological polar surface area (TPSA) is 83.5 Å². The van der Waals surface area contributed by atoms with Gasteiger partial charge in [0, 0.05) is 26.2 Å². The summed E-state index contributed by atoms with van der Waals surface area (Å²) < 4.78 is 52.4. The van der Waals surface area contributed by atoms with Gasteiger partial charge in [-0.05, 0) is 34.1 Å². The summed E-state index contributed by atoms with van der Waals surface area (Å²) in [7, 11) is -6.24. The van der Waals surface area contributed by atoms with Crippen LogP contribution in [0.1, 0.15) is 41.0 Å². The van der Waals surface area contributed by atoms with Crippen LogP contribution in [0.25, 0.3) is 0 Å². The molecule has 27 heavy (non-hydrogen) atoms. The van der Waals surface area contributed by atoms with E-state index in [1.54, 1.807) is 27.7 Å². The Bertz CT molecular complexity index is 397. The molecule has 0 atom stereocenters. The number of hydrogen-bond acceptors (Lipinski definition) is 8. The molecule has 10 heteroatoms. The van der Waals surface area contributed by atoms with Gasteiger partial charge in [-0.25, -0.2) is 0 Å². The molecule has 0 aromatic rings. The average molecular weight is 431 g/mol. The van der Waals surface area contributed by atoms with E-state index < -0.39 is 15.2 Å². The minimum atomic E-state index is -3.12. The number of nitrogens with zero attached hydrogens (tertiary/aromatic N) is 1. The van der Waals surface area contributed by atoms with Gasteiger partial charge >= 0.3 is 15.2 Å². The number of ether oxygens (including phenoxy) is 1. The van der Waals surface area contributed by atoms with Crippen molar-refractivity contribution in [3.8, 4) is 0 Å². The monoisotopic (exact) mass is 431 g/mol. The Morgan fingerprint density at radius 2 is 1.04 bits per heavy atom. The molecule has 0 saturated heterocycles. The van der Waals surface area contributed by atoms with Gasteiger partial charge in [-0.2, -0.15) is 0 Å². The van der Waals surface area contributed by atoms with Crippen molar-refractivity contribution in [2.24, 2.45) is 0 Å². The van der Waals surface area contributed by atoms with Crippen molar-refractivity contribution in [3.63, 3.8) is 0 Å². The lowest BCUT2D eigenvalue weighted by molar-refractivity contribution is 0.106. The van der Waals surface area contributed by atoms with Crippen molar-refractivity contribution in [1.29, 1.82) is 0 Å². The van der Waals surface area contributed by atoms with Crippen LogP contribution in [-0.4, -0.2) is 76.5 Å². The fourth-order valence-corrected chi connectivity index (χ4v) is 5.72. The molecule has 0 N–H and O–H groups in total. The van der Waals surface area contributed by atoms with Crippen LogP contribution in [0, 0.1) is 0 Å². The van der Waals surface area contributed by atoms with E-state index in [0.29, 0.717) is 59.3 Å². The molecular weight excluding hydrogens is 392 g/mol. The highest BCUT2D eigenvalue weighted by atomic mass is 31.2. The van der Waals surface area contributed by atoms with Crippen molar-refractivity contribution in [2.75, 3.05) is 71.6 Å². The van der Waals surface area contributed by atoms with Crippen LogP contribution >= 0.6 is 15.2 Å². The zero-order valence-electron chi connectivity index (χ0n) is 17.7. The number of hydrogen-bond donors (Lipinski definition) is 0. The summed E-state index contributed by atoms with van der Waals surface area (Å²) in [4.78, 5) is 2.05. The maximum absolute atomic E-state index is 12.7. The van der Waals surface area contributed by atoms with Crippen LogP contribution < -0.4 is 0 Å². The third kappa shape index (κ3) is 13.1. The fraction of sp³-hybridized carbons (Fsp3) is 1.00. The molecule has 0 rings (SSSR count). The smallest absolute Gasteiger partial charge is 0.331 e. The zero-order valence-corrected chi connectivity index (χ0v) is 19.5. The van der Waals surface area contributed by atoms with E-state index in [2.05, 4.69) is 6.92 Å². The van der Waals surface area contributed by atoms with E-state index in [1.807, 2.05) is 4.90 Å². The molecule has 0 aliphatic carbocycles. The van der Waals surface area contributed by atoms with Crippen molar-refractivity contribution < 1.29 is 32.0 Å². The Morgan fingerprint density at radius 1 is 0.630 bits per heavy atom. The Balaban J connectivity index is 4.84. The van der Waals surface area contributed by atoms with Crippen LogP contribution in [0.3, 0.4) is 0 Å². The zero-order chi connectivity index (χ0) is 20.6. The predicted molar refractivity (Wildman–Crippen MR) is 109 cm³/mol. The van der Waals surface area contributed by atoms with E-state index >= 15 is 0 Å². The first-order chi connectivity index (χ1) is 12.9. The average Bonchev–Trinajstić information content (AvgIpc) is 2.61. The van der Waals surface area contributed by atoms with Crippen LogP contribution in [0.5, 0.6) is 0 Å². The number of rotatable bonds is 19. The standard InChI is InChI=1S/C17H39NO7P2/c1-6-14-21-15-11-18(12-16-26(19,22-7-2)23-8-3)13-17-27(20,24-9-4)25-10-5/h6-17H2,1-5H3. The predicted octanol–water partition coefficient (Wildman–Crippen LogP) is 4.25. The van der Waals surface area contributed by atoms with E-state index in [1.165, 1.54) is 0 Å². The minimum absolute atomic E-state index is 0.274. The summed E-state index contributed by atoms with van der Waals surface area (Å²) in [5.74, 6) is 0. The molecule has 164 valence electrons. The van der Waals surface area contributed by atoms with Gasteiger partial charge in [0.25, 0.3) is 0 Å². The van der Waals surface area contributed by atoms with Crippen LogP contribution in [0.2, 0.25) is 0 Å². The summed E-state index contributed by atoms with van der Waals surface area (Å²) in [6.45, 7) is 13.4. The van der Waals surface area contributed by atoms with Crippen LogP contribution in [0.15, 0.2) is 0 Å². The Kier molecular flexibility index (Phi) is 16.2. The van der Waals surface area contributed by atoms with Gasteiger partial charge in [0.15, 0.2) is 0 Å². The maximum Gasteiger partial charge on any atom is 0.331 e. The Labute approximate surface area is 165 Å². The second kappa shape index (κ2) is 16.1. The van der Waals surface area contributed by atoms with Gasteiger partial charge in [-0.3, -0.25) is 14.0 Å². The normalized spacial score (nSPS) is 12.8. The summed E-state index contributed by atoms with van der Waals surface area (Å²) in [5.41, 5.74) is 0. The lowest BCUT2D eigenvalue weighted by atomic mass is 10.5. The van der Waals surface area contributed by atoms with Crippen molar-refractivity contribution in [2.45, 2.75) is 41.0 Å². The van der Waals surface area contributed by atoms with Gasteiger partial charge in [0.05, 0.1) is 45.4 Å². The summed E-state index contributed by atoms with van der Waals surface area (Å²) in [6, 6.07) is 0. The molecule has 0 aromatic heterocycles. The Morgan fingerprint density at radius 3 is 1.37 bits per heavy atom. The summed E-state index contributed by atoms with van der Waals surface area (Å²) >= 11 is 0. The molecule has 0 aliphatic heterocycles. The highest BCUT2D eigenvalue weighted by molar-refractivity contribution is 7.54. The van der Waals surface area contributed by atoms with Gasteiger partial charge < -0.3 is 22.8 Å². The molecule has 0 unspecified atom stereocenters. The van der Waals surface area contributed by atoms with Gasteiger partial charge in [0.2, 0.25) is 0 Å². The lowest BCUT2D eigenvalue weighted by Gasteiger charge is -2.26. The SMILES string of the molecule is CCCOCCN(CCP(=O)(OCC)OCC)CCP(=O)(OCC)OCC. The molecule has 0 radical (unpaired) electrons. The van der Waals surface area contributed by atoms with Crippen molar-refractivity contribution >= 4 is 15.2 Å². The summed E-state index contributed by atoms with van der Waals surface area (Å²) in [6.07, 6.45) is 1.50. The van der Waals surface area contributed by atoms with Crippen LogP contribution in [-0.2, 0) is 32.0 Å². The highest BCUT2D eigenvalue weighted by Crippen LogP contribution is 2.49. The summed E-state index contributed by atoms with van der Waals surface area (Å²) in [5, 5.41) is 0. The molecular formula is C17H39NO7P2. The van der Waals surface area contributed by atoms with E-state index in [4.69, 9.17) is 22.8 Å². The molecule has 0 fully saturated rings. The second-order valence-corrected chi connectivity index (χ2v) is 10.2. The lowest BCUT2D eigenvalue weighted by Crippen LogP contribution is -2.33.